The van der Waals surface area contributed by atoms with E-state index in [2.05, 4.69) is 5.73 Å². The summed E-state index contributed by atoms with van der Waals surface area (Å²) >= 11 is 0. The standard InChI is InChI=1S/C3H6F5NS/c4-10(5,6,7,8)3-1-2-9/h1,3H,2,9H2. The Kier molecular flexibility index (Phi) is 1.60. The van der Waals surface area contributed by atoms with Gasteiger partial charge in [0.05, 0.1) is 5.41 Å². The van der Waals surface area contributed by atoms with Gasteiger partial charge >= 0.3 is 10.2 Å². The second-order valence-corrected chi connectivity index (χ2v) is 3.97. The largest absolute Gasteiger partial charge is 0.327 e. The van der Waals surface area contributed by atoms with Crippen molar-refractivity contribution in [3.63, 3.8) is 0 Å². The molecule has 0 heterocycles. The number of hydrogen-bond acceptors (Lipinski definition) is 1. The summed E-state index contributed by atoms with van der Waals surface area (Å²) in [5.41, 5.74) is 4.55. The van der Waals surface area contributed by atoms with Crippen LogP contribution in [0.15, 0.2) is 11.5 Å². The maximum absolute atomic E-state index is 11.3. The van der Waals surface area contributed by atoms with Crippen molar-refractivity contribution in [1.82, 2.24) is 0 Å². The highest BCUT2D eigenvalue weighted by molar-refractivity contribution is 8.48. The minimum atomic E-state index is -9.32. The predicted molar refractivity (Wildman–Crippen MR) is 31.3 cm³/mol. The third-order valence-corrected chi connectivity index (χ3v) is 1.20. The second-order valence-electron chi connectivity index (χ2n) is 1.64. The van der Waals surface area contributed by atoms with E-state index in [0.29, 0.717) is 0 Å². The van der Waals surface area contributed by atoms with E-state index in [1.54, 1.807) is 0 Å². The first-order valence-electron chi connectivity index (χ1n) is 2.16. The first-order valence-corrected chi connectivity index (χ1v) is 4.17. The molecular weight excluding hydrogens is 177 g/mol. The van der Waals surface area contributed by atoms with Gasteiger partial charge in [-0.2, -0.15) is 0 Å². The molecule has 0 aromatic rings. The van der Waals surface area contributed by atoms with Crippen molar-refractivity contribution >= 4 is 10.2 Å². The summed E-state index contributed by atoms with van der Waals surface area (Å²) in [6.45, 7) is -0.550. The Morgan fingerprint density at radius 1 is 1.10 bits per heavy atom. The lowest BCUT2D eigenvalue weighted by molar-refractivity contribution is 0.384. The predicted octanol–water partition coefficient (Wildman–Crippen LogP) is 2.76. The molecule has 0 aliphatic rings. The Morgan fingerprint density at radius 2 is 1.50 bits per heavy atom. The quantitative estimate of drug-likeness (QED) is 0.654. The molecule has 0 saturated carbocycles. The Labute approximate surface area is 54.4 Å². The van der Waals surface area contributed by atoms with Crippen LogP contribution < -0.4 is 5.73 Å². The van der Waals surface area contributed by atoms with Crippen LogP contribution in [0.2, 0.25) is 0 Å². The van der Waals surface area contributed by atoms with Crippen molar-refractivity contribution in [2.45, 2.75) is 0 Å². The molecule has 0 radical (unpaired) electrons. The summed E-state index contributed by atoms with van der Waals surface area (Å²) < 4.78 is 56.3. The summed E-state index contributed by atoms with van der Waals surface area (Å²) in [4.78, 5) is 0. The SMILES string of the molecule is NCC=CS(F)(F)(F)(F)F. The summed E-state index contributed by atoms with van der Waals surface area (Å²) in [6, 6.07) is 0. The molecule has 0 aromatic heterocycles. The molecule has 64 valence electrons. The maximum atomic E-state index is 11.3. The number of hydrogen-bond donors (Lipinski definition) is 1. The zero-order valence-electron chi connectivity index (χ0n) is 4.74. The molecule has 2 N–H and O–H groups in total. The van der Waals surface area contributed by atoms with Crippen molar-refractivity contribution < 1.29 is 19.4 Å². The van der Waals surface area contributed by atoms with Crippen LogP contribution >= 0.6 is 10.2 Å². The topological polar surface area (TPSA) is 26.0 Å². The average Bonchev–Trinajstić information content (AvgIpc) is 1.55. The van der Waals surface area contributed by atoms with Crippen molar-refractivity contribution in [2.24, 2.45) is 5.73 Å². The first kappa shape index (κ1) is 9.70. The van der Waals surface area contributed by atoms with Crippen LogP contribution in [0.4, 0.5) is 19.4 Å². The van der Waals surface area contributed by atoms with Crippen LogP contribution in [0.25, 0.3) is 0 Å². The zero-order valence-corrected chi connectivity index (χ0v) is 5.55. The molecule has 0 aliphatic heterocycles. The van der Waals surface area contributed by atoms with Gasteiger partial charge in [0.1, 0.15) is 0 Å². The van der Waals surface area contributed by atoms with E-state index in [0.717, 1.165) is 0 Å². The van der Waals surface area contributed by atoms with E-state index in [9.17, 15) is 19.4 Å². The van der Waals surface area contributed by atoms with Crippen LogP contribution in [-0.4, -0.2) is 6.54 Å². The van der Waals surface area contributed by atoms with E-state index in [1.165, 1.54) is 0 Å². The highest BCUT2D eigenvalue weighted by atomic mass is 32.5. The fourth-order valence-electron chi connectivity index (χ4n) is 0.237. The molecule has 0 spiro atoms. The molecule has 0 aromatic carbocycles. The third-order valence-electron chi connectivity index (χ3n) is 0.489. The summed E-state index contributed by atoms with van der Waals surface area (Å²) in [5, 5.41) is -1.06. The molecule has 1 nitrogen and oxygen atoms in total. The highest BCUT2D eigenvalue weighted by Crippen LogP contribution is 2.98. The van der Waals surface area contributed by atoms with Gasteiger partial charge in [-0.3, -0.25) is 0 Å². The monoisotopic (exact) mass is 183 g/mol. The Morgan fingerprint density at radius 3 is 1.60 bits per heavy atom. The Hall–Kier alpha value is -0.300. The van der Waals surface area contributed by atoms with Crippen LogP contribution in [0.5, 0.6) is 0 Å². The molecule has 0 aliphatic carbocycles. The van der Waals surface area contributed by atoms with Gasteiger partial charge in [-0.15, -0.1) is 0 Å². The van der Waals surface area contributed by atoms with Gasteiger partial charge in [-0.1, -0.05) is 25.5 Å². The van der Waals surface area contributed by atoms with Crippen LogP contribution in [-0.2, 0) is 0 Å². The molecule has 10 heavy (non-hydrogen) atoms. The van der Waals surface area contributed by atoms with Crippen molar-refractivity contribution in [1.29, 1.82) is 0 Å². The second kappa shape index (κ2) is 1.65. The molecule has 0 amide bonds. The van der Waals surface area contributed by atoms with Gasteiger partial charge in [0.15, 0.2) is 0 Å². The fourth-order valence-corrected chi connectivity index (χ4v) is 0.712. The lowest BCUT2D eigenvalue weighted by Crippen LogP contribution is -2.01. The number of halogens is 5. The lowest BCUT2D eigenvalue weighted by atomic mass is 10.7. The van der Waals surface area contributed by atoms with Crippen molar-refractivity contribution in [2.75, 3.05) is 6.54 Å². The normalized spacial score (nSPS) is 20.6. The van der Waals surface area contributed by atoms with Gasteiger partial charge in [-0.25, -0.2) is 0 Å². The van der Waals surface area contributed by atoms with Gasteiger partial charge in [0.25, 0.3) is 0 Å². The lowest BCUT2D eigenvalue weighted by Gasteiger charge is -2.36. The van der Waals surface area contributed by atoms with Gasteiger partial charge in [0, 0.05) is 6.54 Å². The molecular formula is C3H6F5NS. The molecule has 0 rings (SSSR count). The molecule has 0 saturated heterocycles. The van der Waals surface area contributed by atoms with E-state index in [-0.39, 0.29) is 6.08 Å². The highest BCUT2D eigenvalue weighted by Gasteiger charge is 2.60. The minimum Gasteiger partial charge on any atom is -0.327 e. The Balaban J connectivity index is 4.58. The van der Waals surface area contributed by atoms with E-state index in [1.807, 2.05) is 0 Å². The number of nitrogens with two attached hydrogens (primary N) is 1. The average molecular weight is 183 g/mol. The van der Waals surface area contributed by atoms with Gasteiger partial charge in [0.2, 0.25) is 0 Å². The number of rotatable bonds is 2. The van der Waals surface area contributed by atoms with E-state index >= 15 is 0 Å². The van der Waals surface area contributed by atoms with E-state index in [4.69, 9.17) is 0 Å². The minimum absolute atomic E-state index is 0.182. The third kappa shape index (κ3) is 7.70. The smallest absolute Gasteiger partial charge is 0.304 e. The molecule has 0 bridgehead atoms. The first-order chi connectivity index (χ1) is 4.04. The van der Waals surface area contributed by atoms with Crippen LogP contribution in [0.1, 0.15) is 0 Å². The Bertz CT molecular complexity index is 153. The van der Waals surface area contributed by atoms with Gasteiger partial charge < -0.3 is 5.73 Å². The van der Waals surface area contributed by atoms with E-state index < -0.39 is 22.2 Å². The van der Waals surface area contributed by atoms with Crippen LogP contribution in [0.3, 0.4) is 0 Å². The molecule has 0 fully saturated rings. The summed E-state index contributed by atoms with van der Waals surface area (Å²) in [7, 11) is -9.32. The fraction of sp³-hybridized carbons (Fsp3) is 0.333. The molecule has 0 atom stereocenters. The van der Waals surface area contributed by atoms with Crippen LogP contribution in [0, 0.1) is 0 Å². The van der Waals surface area contributed by atoms with Gasteiger partial charge in [-0.05, 0) is 0 Å². The molecule has 0 unspecified atom stereocenters. The molecule has 7 heteroatoms. The summed E-state index contributed by atoms with van der Waals surface area (Å²) in [5.74, 6) is 0. The van der Waals surface area contributed by atoms with Crippen molar-refractivity contribution in [3.8, 4) is 0 Å². The summed E-state index contributed by atoms with van der Waals surface area (Å²) in [6.07, 6.45) is 0.182. The maximum Gasteiger partial charge on any atom is 0.304 e. The zero-order chi connectivity index (χ0) is 8.53. The van der Waals surface area contributed by atoms with Crippen molar-refractivity contribution in [3.05, 3.63) is 11.5 Å².